The van der Waals surface area contributed by atoms with E-state index in [1.807, 2.05) is 25.9 Å². The van der Waals surface area contributed by atoms with E-state index in [2.05, 4.69) is 5.32 Å². The number of nitrogens with zero attached hydrogens (tertiary/aromatic N) is 2. The Labute approximate surface area is 111 Å². The van der Waals surface area contributed by atoms with Crippen LogP contribution in [-0.2, 0) is 0 Å². The van der Waals surface area contributed by atoms with E-state index in [1.165, 1.54) is 18.2 Å². The van der Waals surface area contributed by atoms with Crippen molar-refractivity contribution >= 4 is 17.3 Å². The summed E-state index contributed by atoms with van der Waals surface area (Å²) in [5.41, 5.74) is -0.278. The number of hydrogen-bond donors (Lipinski definition) is 2. The smallest absolute Gasteiger partial charge is 0.338 e. The second-order valence-electron chi connectivity index (χ2n) is 4.57. The Morgan fingerprint density at radius 3 is 2.63 bits per heavy atom. The van der Waals surface area contributed by atoms with Crippen molar-refractivity contribution in [3.8, 4) is 0 Å². The molecule has 0 aromatic heterocycles. The Bertz CT molecular complexity index is 456. The van der Waals surface area contributed by atoms with E-state index in [0.717, 1.165) is 0 Å². The average Bonchev–Trinajstić information content (AvgIpc) is 2.27. The van der Waals surface area contributed by atoms with Gasteiger partial charge in [0, 0.05) is 18.7 Å². The SMILES string of the molecule is CC(CN(C)C)Nc1c(C(=O)O)cccc1[N+](=O)[O-]. The number of nitrogens with one attached hydrogen (secondary N) is 1. The Morgan fingerprint density at radius 1 is 1.53 bits per heavy atom. The van der Waals surface area contributed by atoms with Gasteiger partial charge in [-0.05, 0) is 27.1 Å². The number of hydrogen-bond acceptors (Lipinski definition) is 5. The first kappa shape index (κ1) is 14.9. The summed E-state index contributed by atoms with van der Waals surface area (Å²) >= 11 is 0. The van der Waals surface area contributed by atoms with Crippen LogP contribution in [0.3, 0.4) is 0 Å². The van der Waals surface area contributed by atoms with Crippen molar-refractivity contribution < 1.29 is 14.8 Å². The molecule has 0 spiro atoms. The number of benzene rings is 1. The summed E-state index contributed by atoms with van der Waals surface area (Å²) in [5.74, 6) is -1.19. The predicted molar refractivity (Wildman–Crippen MR) is 71.7 cm³/mol. The van der Waals surface area contributed by atoms with Crippen molar-refractivity contribution in [2.45, 2.75) is 13.0 Å². The predicted octanol–water partition coefficient (Wildman–Crippen LogP) is 1.65. The van der Waals surface area contributed by atoms with Gasteiger partial charge in [-0.1, -0.05) is 6.07 Å². The van der Waals surface area contributed by atoms with Crippen LogP contribution >= 0.6 is 0 Å². The third-order valence-corrected chi connectivity index (χ3v) is 2.50. The summed E-state index contributed by atoms with van der Waals surface area (Å²) in [6.07, 6.45) is 0. The summed E-state index contributed by atoms with van der Waals surface area (Å²) in [6, 6.07) is 3.88. The van der Waals surface area contributed by atoms with Gasteiger partial charge >= 0.3 is 5.97 Å². The highest BCUT2D eigenvalue weighted by molar-refractivity contribution is 5.96. The minimum absolute atomic E-state index is 0.0503. The van der Waals surface area contributed by atoms with Gasteiger partial charge in [0.2, 0.25) is 0 Å². The Kier molecular flexibility index (Phi) is 4.82. The maximum atomic E-state index is 11.1. The number of likely N-dealkylation sites (N-methyl/N-ethyl adjacent to an activating group) is 1. The largest absolute Gasteiger partial charge is 0.478 e. The summed E-state index contributed by atoms with van der Waals surface area (Å²) in [5, 5.41) is 23.0. The summed E-state index contributed by atoms with van der Waals surface area (Å²) in [7, 11) is 3.74. The highest BCUT2D eigenvalue weighted by atomic mass is 16.6. The van der Waals surface area contributed by atoms with E-state index in [1.54, 1.807) is 0 Å². The molecule has 7 nitrogen and oxygen atoms in total. The van der Waals surface area contributed by atoms with Gasteiger partial charge in [-0.15, -0.1) is 0 Å². The van der Waals surface area contributed by atoms with Crippen molar-refractivity contribution in [3.63, 3.8) is 0 Å². The number of nitro benzene ring substituents is 1. The number of anilines is 1. The highest BCUT2D eigenvalue weighted by Gasteiger charge is 2.22. The van der Waals surface area contributed by atoms with E-state index in [-0.39, 0.29) is 23.0 Å². The number of aromatic carboxylic acids is 1. The molecule has 0 aliphatic carbocycles. The molecule has 0 bridgehead atoms. The summed E-state index contributed by atoms with van der Waals surface area (Å²) < 4.78 is 0. The van der Waals surface area contributed by atoms with Crippen LogP contribution in [0.4, 0.5) is 11.4 Å². The van der Waals surface area contributed by atoms with Crippen molar-refractivity contribution in [2.24, 2.45) is 0 Å². The molecule has 0 saturated carbocycles. The molecule has 0 radical (unpaired) electrons. The molecule has 1 aromatic rings. The summed E-state index contributed by atoms with van der Waals surface area (Å²) in [4.78, 5) is 23.4. The Balaban J connectivity index is 3.14. The summed E-state index contributed by atoms with van der Waals surface area (Å²) in [6.45, 7) is 2.47. The van der Waals surface area contributed by atoms with Crippen molar-refractivity contribution in [1.82, 2.24) is 4.90 Å². The molecular weight excluding hydrogens is 250 g/mol. The molecule has 0 aliphatic rings. The molecule has 1 aromatic carbocycles. The zero-order valence-corrected chi connectivity index (χ0v) is 11.1. The number of carbonyl (C=O) groups is 1. The molecule has 1 unspecified atom stereocenters. The van der Waals surface area contributed by atoms with Crippen molar-refractivity contribution in [3.05, 3.63) is 33.9 Å². The minimum atomic E-state index is -1.19. The van der Waals surface area contributed by atoms with Gasteiger partial charge in [0.05, 0.1) is 10.5 Å². The van der Waals surface area contributed by atoms with E-state index in [4.69, 9.17) is 5.11 Å². The normalized spacial score (nSPS) is 12.2. The molecule has 2 N–H and O–H groups in total. The average molecular weight is 267 g/mol. The first-order valence-electron chi connectivity index (χ1n) is 5.75. The second kappa shape index (κ2) is 6.14. The van der Waals surface area contributed by atoms with Gasteiger partial charge in [0.25, 0.3) is 5.69 Å². The Hall–Kier alpha value is -2.15. The topological polar surface area (TPSA) is 95.7 Å². The van der Waals surface area contributed by atoms with Crippen LogP contribution in [-0.4, -0.2) is 47.6 Å². The van der Waals surface area contributed by atoms with Crippen LogP contribution in [0, 0.1) is 10.1 Å². The van der Waals surface area contributed by atoms with Crippen molar-refractivity contribution in [1.29, 1.82) is 0 Å². The van der Waals surface area contributed by atoms with Gasteiger partial charge in [-0.25, -0.2) is 4.79 Å². The van der Waals surface area contributed by atoms with Crippen LogP contribution < -0.4 is 5.32 Å². The monoisotopic (exact) mass is 267 g/mol. The molecule has 0 fully saturated rings. The number of rotatable bonds is 6. The third-order valence-electron chi connectivity index (χ3n) is 2.50. The van der Waals surface area contributed by atoms with Crippen LogP contribution in [0.2, 0.25) is 0 Å². The quantitative estimate of drug-likeness (QED) is 0.601. The zero-order valence-electron chi connectivity index (χ0n) is 11.1. The molecule has 19 heavy (non-hydrogen) atoms. The van der Waals surface area contributed by atoms with Gasteiger partial charge < -0.3 is 15.3 Å². The molecule has 0 saturated heterocycles. The fourth-order valence-electron chi connectivity index (χ4n) is 1.86. The first-order chi connectivity index (χ1) is 8.82. The van der Waals surface area contributed by atoms with Crippen LogP contribution in [0.5, 0.6) is 0 Å². The van der Waals surface area contributed by atoms with E-state index in [0.29, 0.717) is 6.54 Å². The highest BCUT2D eigenvalue weighted by Crippen LogP contribution is 2.28. The first-order valence-corrected chi connectivity index (χ1v) is 5.75. The van der Waals surface area contributed by atoms with Gasteiger partial charge in [0.1, 0.15) is 5.69 Å². The van der Waals surface area contributed by atoms with Crippen LogP contribution in [0.1, 0.15) is 17.3 Å². The zero-order chi connectivity index (χ0) is 14.6. The maximum absolute atomic E-state index is 11.1. The lowest BCUT2D eigenvalue weighted by Gasteiger charge is -2.20. The van der Waals surface area contributed by atoms with Crippen LogP contribution in [0.15, 0.2) is 18.2 Å². The molecule has 0 amide bonds. The van der Waals surface area contributed by atoms with Gasteiger partial charge in [0.15, 0.2) is 0 Å². The molecule has 1 atom stereocenters. The number of carboxylic acids is 1. The second-order valence-corrected chi connectivity index (χ2v) is 4.57. The molecule has 0 aliphatic heterocycles. The fourth-order valence-corrected chi connectivity index (χ4v) is 1.86. The molecule has 104 valence electrons. The lowest BCUT2D eigenvalue weighted by Crippen LogP contribution is -2.30. The molecular formula is C12H17N3O4. The maximum Gasteiger partial charge on any atom is 0.338 e. The fraction of sp³-hybridized carbons (Fsp3) is 0.417. The van der Waals surface area contributed by atoms with E-state index in [9.17, 15) is 14.9 Å². The molecule has 0 heterocycles. The number of nitro groups is 1. The standard InChI is InChI=1S/C12H17N3O4/c1-8(7-14(2)3)13-11-9(12(16)17)5-4-6-10(11)15(18)19/h4-6,8,13H,7H2,1-3H3,(H,16,17). The van der Waals surface area contributed by atoms with Gasteiger partial charge in [-0.3, -0.25) is 10.1 Å². The molecule has 1 rings (SSSR count). The van der Waals surface area contributed by atoms with Crippen LogP contribution in [0.25, 0.3) is 0 Å². The van der Waals surface area contributed by atoms with E-state index < -0.39 is 10.9 Å². The minimum Gasteiger partial charge on any atom is -0.478 e. The van der Waals surface area contributed by atoms with Crippen molar-refractivity contribution in [2.75, 3.05) is 26.0 Å². The lowest BCUT2D eigenvalue weighted by atomic mass is 10.1. The van der Waals surface area contributed by atoms with E-state index >= 15 is 0 Å². The number of carboxylic acid groups (broad SMARTS) is 1. The lowest BCUT2D eigenvalue weighted by molar-refractivity contribution is -0.384. The third kappa shape index (κ3) is 3.92. The molecule has 7 heteroatoms. The number of para-hydroxylation sites is 1. The Morgan fingerprint density at radius 2 is 2.16 bits per heavy atom. The van der Waals surface area contributed by atoms with Gasteiger partial charge in [-0.2, -0.15) is 0 Å².